The first-order valence-corrected chi connectivity index (χ1v) is 8.56. The summed E-state index contributed by atoms with van der Waals surface area (Å²) in [5, 5.41) is 3.23. The van der Waals surface area contributed by atoms with Crippen molar-refractivity contribution in [2.24, 2.45) is 0 Å². The molecule has 0 spiro atoms. The number of rotatable bonds is 5. The van der Waals surface area contributed by atoms with Gasteiger partial charge in [0.2, 0.25) is 17.8 Å². The third kappa shape index (κ3) is 3.82. The van der Waals surface area contributed by atoms with Crippen LogP contribution in [0.3, 0.4) is 0 Å². The van der Waals surface area contributed by atoms with Crippen LogP contribution in [0.25, 0.3) is 0 Å². The van der Waals surface area contributed by atoms with Crippen LogP contribution in [0.5, 0.6) is 0 Å². The summed E-state index contributed by atoms with van der Waals surface area (Å²) in [6, 6.07) is 4.18. The van der Waals surface area contributed by atoms with Crippen molar-refractivity contribution in [2.75, 3.05) is 35.6 Å². The number of nitrogen functional groups attached to an aromatic ring is 1. The van der Waals surface area contributed by atoms with Crippen LogP contribution in [0, 0.1) is 0 Å². The monoisotopic (exact) mass is 368 g/mol. The fourth-order valence-corrected chi connectivity index (χ4v) is 3.78. The van der Waals surface area contributed by atoms with Crippen LogP contribution in [0.15, 0.2) is 15.9 Å². The van der Waals surface area contributed by atoms with E-state index in [4.69, 9.17) is 5.73 Å². The maximum absolute atomic E-state index is 5.78. The molecular weight excluding hydrogens is 352 g/mol. The minimum atomic E-state index is 0.272. The van der Waals surface area contributed by atoms with E-state index in [0.29, 0.717) is 11.9 Å². The second-order valence-corrected chi connectivity index (χ2v) is 7.44. The minimum Gasteiger partial charge on any atom is -0.368 e. The van der Waals surface area contributed by atoms with Gasteiger partial charge in [0.15, 0.2) is 0 Å². The Bertz CT molecular complexity index is 610. The molecule has 21 heavy (non-hydrogen) atoms. The van der Waals surface area contributed by atoms with Gasteiger partial charge in [0.05, 0.1) is 3.79 Å². The van der Waals surface area contributed by atoms with Gasteiger partial charge in [-0.15, -0.1) is 11.3 Å². The molecule has 0 aliphatic carbocycles. The SMILES string of the molecule is Nc1nc(NCCc2ccc(Br)s2)nc(N2CCCC2)n1. The van der Waals surface area contributed by atoms with Gasteiger partial charge in [0.25, 0.3) is 0 Å². The smallest absolute Gasteiger partial charge is 0.231 e. The number of aromatic nitrogens is 3. The van der Waals surface area contributed by atoms with Crippen molar-refractivity contribution in [2.45, 2.75) is 19.3 Å². The van der Waals surface area contributed by atoms with Gasteiger partial charge in [-0.25, -0.2) is 0 Å². The summed E-state index contributed by atoms with van der Waals surface area (Å²) in [6.45, 7) is 2.76. The maximum Gasteiger partial charge on any atom is 0.231 e. The topological polar surface area (TPSA) is 80.0 Å². The molecule has 1 fully saturated rings. The number of nitrogens with one attached hydrogen (secondary N) is 1. The van der Waals surface area contributed by atoms with E-state index in [1.54, 1.807) is 11.3 Å². The van der Waals surface area contributed by atoms with E-state index in [0.717, 1.165) is 29.8 Å². The molecule has 0 bridgehead atoms. The van der Waals surface area contributed by atoms with Crippen LogP contribution < -0.4 is 16.0 Å². The molecule has 0 saturated carbocycles. The molecular formula is C13H17BrN6S. The molecule has 0 aromatic carbocycles. The fourth-order valence-electron chi connectivity index (χ4n) is 2.30. The van der Waals surface area contributed by atoms with Gasteiger partial charge in [-0.05, 0) is 47.3 Å². The zero-order chi connectivity index (χ0) is 14.7. The number of nitrogens with zero attached hydrogens (tertiary/aromatic N) is 4. The Morgan fingerprint density at radius 1 is 1.24 bits per heavy atom. The van der Waals surface area contributed by atoms with Gasteiger partial charge < -0.3 is 16.0 Å². The summed E-state index contributed by atoms with van der Waals surface area (Å²) >= 11 is 5.21. The molecule has 0 radical (unpaired) electrons. The molecule has 2 aromatic heterocycles. The summed E-state index contributed by atoms with van der Waals surface area (Å²) in [5.74, 6) is 1.51. The zero-order valence-corrected chi connectivity index (χ0v) is 14.0. The number of thiophene rings is 1. The number of nitrogens with two attached hydrogens (primary N) is 1. The molecule has 0 amide bonds. The standard InChI is InChI=1S/C13H17BrN6S/c14-10-4-3-9(21-10)5-6-16-12-17-11(15)18-13(19-12)20-7-1-2-8-20/h3-4H,1-2,5-8H2,(H3,15,16,17,18,19). The Labute approximate surface area is 135 Å². The number of anilines is 3. The Kier molecular flexibility index (Phi) is 4.54. The highest BCUT2D eigenvalue weighted by Gasteiger charge is 2.16. The normalized spacial score (nSPS) is 14.6. The second kappa shape index (κ2) is 6.57. The summed E-state index contributed by atoms with van der Waals surface area (Å²) in [6.07, 6.45) is 3.30. The predicted molar refractivity (Wildman–Crippen MR) is 89.9 cm³/mol. The lowest BCUT2D eigenvalue weighted by Gasteiger charge is -2.15. The van der Waals surface area contributed by atoms with E-state index >= 15 is 0 Å². The largest absolute Gasteiger partial charge is 0.368 e. The Hall–Kier alpha value is -1.41. The molecule has 1 saturated heterocycles. The maximum atomic E-state index is 5.78. The average Bonchev–Trinajstić information content (AvgIpc) is 3.10. The predicted octanol–water partition coefficient (Wildman–Crippen LogP) is 2.53. The van der Waals surface area contributed by atoms with Crippen molar-refractivity contribution in [3.05, 3.63) is 20.8 Å². The van der Waals surface area contributed by atoms with E-state index in [2.05, 4.69) is 53.2 Å². The van der Waals surface area contributed by atoms with E-state index in [-0.39, 0.29) is 5.95 Å². The molecule has 1 aliphatic heterocycles. The van der Waals surface area contributed by atoms with Gasteiger partial charge in [0, 0.05) is 24.5 Å². The molecule has 3 rings (SSSR count). The lowest BCUT2D eigenvalue weighted by molar-refractivity contribution is 0.879. The second-order valence-electron chi connectivity index (χ2n) is 4.89. The third-order valence-electron chi connectivity index (χ3n) is 3.31. The lowest BCUT2D eigenvalue weighted by Crippen LogP contribution is -2.22. The number of halogens is 1. The first kappa shape index (κ1) is 14.5. The molecule has 6 nitrogen and oxygen atoms in total. The van der Waals surface area contributed by atoms with E-state index in [9.17, 15) is 0 Å². The Balaban J connectivity index is 1.61. The van der Waals surface area contributed by atoms with Crippen molar-refractivity contribution < 1.29 is 0 Å². The van der Waals surface area contributed by atoms with Crippen molar-refractivity contribution in [3.63, 3.8) is 0 Å². The van der Waals surface area contributed by atoms with E-state index in [1.165, 1.54) is 17.7 Å². The van der Waals surface area contributed by atoms with E-state index < -0.39 is 0 Å². The molecule has 2 aromatic rings. The van der Waals surface area contributed by atoms with Crippen molar-refractivity contribution in [1.82, 2.24) is 15.0 Å². The number of hydrogen-bond donors (Lipinski definition) is 2. The highest BCUT2D eigenvalue weighted by molar-refractivity contribution is 9.11. The summed E-state index contributed by atoms with van der Waals surface area (Å²) in [5.41, 5.74) is 5.78. The molecule has 3 heterocycles. The molecule has 0 unspecified atom stereocenters. The van der Waals surface area contributed by atoms with Gasteiger partial charge in [-0.3, -0.25) is 0 Å². The molecule has 112 valence electrons. The van der Waals surface area contributed by atoms with Gasteiger partial charge in [-0.1, -0.05) is 0 Å². The van der Waals surface area contributed by atoms with Crippen LogP contribution in [0.4, 0.5) is 17.8 Å². The molecule has 0 atom stereocenters. The minimum absolute atomic E-state index is 0.272. The van der Waals surface area contributed by atoms with Gasteiger partial charge in [-0.2, -0.15) is 15.0 Å². The van der Waals surface area contributed by atoms with Crippen LogP contribution in [0.1, 0.15) is 17.7 Å². The van der Waals surface area contributed by atoms with Crippen molar-refractivity contribution in [1.29, 1.82) is 0 Å². The molecule has 3 N–H and O–H groups in total. The first-order valence-electron chi connectivity index (χ1n) is 6.95. The fraction of sp³-hybridized carbons (Fsp3) is 0.462. The van der Waals surface area contributed by atoms with Crippen molar-refractivity contribution in [3.8, 4) is 0 Å². The van der Waals surface area contributed by atoms with E-state index in [1.807, 2.05) is 0 Å². The average molecular weight is 369 g/mol. The van der Waals surface area contributed by atoms with Crippen LogP contribution in [-0.4, -0.2) is 34.6 Å². The third-order valence-corrected chi connectivity index (χ3v) is 5.00. The summed E-state index contributed by atoms with van der Waals surface area (Å²) < 4.78 is 1.15. The van der Waals surface area contributed by atoms with Gasteiger partial charge in [0.1, 0.15) is 0 Å². The van der Waals surface area contributed by atoms with Crippen LogP contribution in [0.2, 0.25) is 0 Å². The Morgan fingerprint density at radius 2 is 2.05 bits per heavy atom. The van der Waals surface area contributed by atoms with Crippen molar-refractivity contribution >= 4 is 45.1 Å². The quantitative estimate of drug-likeness (QED) is 0.843. The number of hydrogen-bond acceptors (Lipinski definition) is 7. The zero-order valence-electron chi connectivity index (χ0n) is 11.5. The summed E-state index contributed by atoms with van der Waals surface area (Å²) in [4.78, 5) is 16.3. The van der Waals surface area contributed by atoms with Crippen LogP contribution in [-0.2, 0) is 6.42 Å². The molecule has 8 heteroatoms. The first-order chi connectivity index (χ1) is 10.2. The highest BCUT2D eigenvalue weighted by Crippen LogP contribution is 2.22. The van der Waals surface area contributed by atoms with Gasteiger partial charge >= 0.3 is 0 Å². The summed E-state index contributed by atoms with van der Waals surface area (Å²) in [7, 11) is 0. The van der Waals surface area contributed by atoms with Crippen LogP contribution >= 0.6 is 27.3 Å². The lowest BCUT2D eigenvalue weighted by atomic mass is 10.3. The highest BCUT2D eigenvalue weighted by atomic mass is 79.9. The molecule has 1 aliphatic rings. The Morgan fingerprint density at radius 3 is 2.76 bits per heavy atom.